The highest BCUT2D eigenvalue weighted by molar-refractivity contribution is 9.10. The van der Waals surface area contributed by atoms with Crippen molar-refractivity contribution >= 4 is 34.3 Å². The second-order valence-electron chi connectivity index (χ2n) is 8.23. The number of carbonyl (C=O) groups is 3. The van der Waals surface area contributed by atoms with Crippen molar-refractivity contribution in [2.75, 3.05) is 40.6 Å². The number of benzene rings is 2. The van der Waals surface area contributed by atoms with Gasteiger partial charge in [-0.15, -0.1) is 0 Å². The first-order chi connectivity index (χ1) is 18.8. The molecule has 1 unspecified atom stereocenters. The molecule has 0 N–H and O–H groups in total. The minimum Gasteiger partial charge on any atom is -0.493 e. The normalized spacial score (nSPS) is 14.1. The molecule has 2 aromatic rings. The van der Waals surface area contributed by atoms with E-state index in [1.807, 2.05) is 0 Å². The molecule has 0 fully saturated rings. The molecule has 1 atom stereocenters. The lowest BCUT2D eigenvalue weighted by Crippen LogP contribution is -2.41. The van der Waals surface area contributed by atoms with E-state index in [0.29, 0.717) is 40.9 Å². The summed E-state index contributed by atoms with van der Waals surface area (Å²) < 4.78 is 37.5. The minimum absolute atomic E-state index is 0.146. The quantitative estimate of drug-likeness (QED) is 0.195. The molecule has 12 heteroatoms. The van der Waals surface area contributed by atoms with E-state index in [4.69, 9.17) is 33.2 Å². The summed E-state index contributed by atoms with van der Waals surface area (Å²) in [7, 11) is 2.93. The van der Waals surface area contributed by atoms with E-state index in [2.05, 4.69) is 15.9 Å². The molecular weight excluding hydrogens is 578 g/mol. The lowest BCUT2D eigenvalue weighted by molar-refractivity contribution is 0.0857. The first-order valence-electron chi connectivity index (χ1n) is 12.5. The number of methoxy groups -OCH3 is 2. The first kappa shape index (κ1) is 29.9. The van der Waals surface area contributed by atoms with E-state index in [-0.39, 0.29) is 31.3 Å². The molecule has 0 saturated heterocycles. The monoisotopic (exact) mass is 609 g/mol. The van der Waals surface area contributed by atoms with Crippen LogP contribution >= 0.6 is 15.9 Å². The van der Waals surface area contributed by atoms with Crippen LogP contribution in [0.4, 0.5) is 14.4 Å². The zero-order valence-corrected chi connectivity index (χ0v) is 24.1. The van der Waals surface area contributed by atoms with Crippen LogP contribution in [0.1, 0.15) is 43.5 Å². The standard InChI is InChI=1S/C27H32BrNO10/c1-6-35-25(30)29-10-9-16-12-21(33-4)24(39-27(32)37-8-3)14-18(16)20(29)11-17-13-23(38-26(31)36-7-2)22(34-5)15-19(17)28/h12-15,20H,6-11H2,1-5H3. The summed E-state index contributed by atoms with van der Waals surface area (Å²) >= 11 is 3.57. The van der Waals surface area contributed by atoms with Gasteiger partial charge in [-0.1, -0.05) is 15.9 Å². The number of ether oxygens (including phenoxy) is 7. The fourth-order valence-corrected chi connectivity index (χ4v) is 4.73. The van der Waals surface area contributed by atoms with E-state index in [1.165, 1.54) is 14.2 Å². The lowest BCUT2D eigenvalue weighted by Gasteiger charge is -2.37. The molecule has 0 bridgehead atoms. The van der Waals surface area contributed by atoms with Crippen LogP contribution in [0.3, 0.4) is 0 Å². The average Bonchev–Trinajstić information content (AvgIpc) is 2.90. The fourth-order valence-electron chi connectivity index (χ4n) is 4.25. The van der Waals surface area contributed by atoms with Gasteiger partial charge in [0.15, 0.2) is 23.0 Å². The van der Waals surface area contributed by atoms with Gasteiger partial charge >= 0.3 is 18.4 Å². The number of amides is 1. The second-order valence-corrected chi connectivity index (χ2v) is 9.08. The molecule has 0 spiro atoms. The van der Waals surface area contributed by atoms with Crippen LogP contribution in [0.5, 0.6) is 23.0 Å². The molecule has 3 rings (SSSR count). The van der Waals surface area contributed by atoms with Crippen molar-refractivity contribution in [2.24, 2.45) is 0 Å². The molecule has 212 valence electrons. The highest BCUT2D eigenvalue weighted by atomic mass is 79.9. The van der Waals surface area contributed by atoms with Crippen LogP contribution in [0, 0.1) is 0 Å². The summed E-state index contributed by atoms with van der Waals surface area (Å²) in [5.41, 5.74) is 2.37. The average molecular weight is 610 g/mol. The number of hydrogen-bond donors (Lipinski definition) is 0. The van der Waals surface area contributed by atoms with Gasteiger partial charge < -0.3 is 38.1 Å². The van der Waals surface area contributed by atoms with Gasteiger partial charge in [-0.2, -0.15) is 0 Å². The Morgan fingerprint density at radius 2 is 1.38 bits per heavy atom. The van der Waals surface area contributed by atoms with Crippen LogP contribution in [0.25, 0.3) is 0 Å². The van der Waals surface area contributed by atoms with Crippen LogP contribution < -0.4 is 18.9 Å². The fraction of sp³-hybridized carbons (Fsp3) is 0.444. The molecule has 0 saturated carbocycles. The van der Waals surface area contributed by atoms with Gasteiger partial charge in [0.25, 0.3) is 0 Å². The van der Waals surface area contributed by atoms with Gasteiger partial charge in [0.2, 0.25) is 0 Å². The van der Waals surface area contributed by atoms with Gasteiger partial charge in [0, 0.05) is 11.0 Å². The molecule has 1 aliphatic heterocycles. The molecule has 0 radical (unpaired) electrons. The summed E-state index contributed by atoms with van der Waals surface area (Å²) in [4.78, 5) is 38.8. The summed E-state index contributed by atoms with van der Waals surface area (Å²) in [6.45, 7) is 5.97. The Labute approximate surface area is 235 Å². The number of nitrogens with zero attached hydrogens (tertiary/aromatic N) is 1. The molecule has 39 heavy (non-hydrogen) atoms. The number of rotatable bonds is 9. The maximum atomic E-state index is 13.0. The molecule has 2 aromatic carbocycles. The Bertz CT molecular complexity index is 1200. The van der Waals surface area contributed by atoms with Crippen molar-refractivity contribution in [3.05, 3.63) is 45.4 Å². The van der Waals surface area contributed by atoms with Gasteiger partial charge in [-0.05, 0) is 74.6 Å². The van der Waals surface area contributed by atoms with Gasteiger partial charge in [0.05, 0.1) is 40.1 Å². The van der Waals surface area contributed by atoms with Crippen molar-refractivity contribution in [3.8, 4) is 23.0 Å². The highest BCUT2D eigenvalue weighted by Gasteiger charge is 2.34. The Balaban J connectivity index is 2.08. The van der Waals surface area contributed by atoms with Gasteiger partial charge in [-0.25, -0.2) is 14.4 Å². The van der Waals surface area contributed by atoms with E-state index in [0.717, 1.165) is 11.1 Å². The van der Waals surface area contributed by atoms with E-state index in [1.54, 1.807) is 49.9 Å². The third-order valence-electron chi connectivity index (χ3n) is 5.94. The van der Waals surface area contributed by atoms with E-state index in [9.17, 15) is 14.4 Å². The largest absolute Gasteiger partial charge is 0.513 e. The summed E-state index contributed by atoms with van der Waals surface area (Å²) in [5.74, 6) is 1.00. The highest BCUT2D eigenvalue weighted by Crippen LogP contribution is 2.42. The predicted molar refractivity (Wildman–Crippen MR) is 143 cm³/mol. The van der Waals surface area contributed by atoms with Gasteiger partial charge in [-0.3, -0.25) is 0 Å². The molecule has 11 nitrogen and oxygen atoms in total. The molecule has 0 aromatic heterocycles. The SMILES string of the molecule is CCOC(=O)Oc1cc(CC2c3cc(OC(=O)OCC)c(OC)cc3CCN2C(=O)OCC)c(Br)cc1OC. The van der Waals surface area contributed by atoms with Crippen LogP contribution in [0.2, 0.25) is 0 Å². The predicted octanol–water partition coefficient (Wildman–Crippen LogP) is 5.84. The molecule has 1 aliphatic rings. The number of hydrogen-bond acceptors (Lipinski definition) is 10. The molecule has 0 aliphatic carbocycles. The third-order valence-corrected chi connectivity index (χ3v) is 6.68. The maximum absolute atomic E-state index is 13.0. The summed E-state index contributed by atoms with van der Waals surface area (Å²) in [6, 6.07) is 6.26. The number of carbonyl (C=O) groups excluding carboxylic acids is 3. The summed E-state index contributed by atoms with van der Waals surface area (Å²) in [5, 5.41) is 0. The molecule has 1 heterocycles. The van der Waals surface area contributed by atoms with E-state index >= 15 is 0 Å². The van der Waals surface area contributed by atoms with E-state index < -0.39 is 24.4 Å². The van der Waals surface area contributed by atoms with Crippen molar-refractivity contribution in [3.63, 3.8) is 0 Å². The van der Waals surface area contributed by atoms with Crippen molar-refractivity contribution in [1.82, 2.24) is 4.90 Å². The maximum Gasteiger partial charge on any atom is 0.513 e. The van der Waals surface area contributed by atoms with Crippen molar-refractivity contribution in [1.29, 1.82) is 0 Å². The minimum atomic E-state index is -0.871. The van der Waals surface area contributed by atoms with Crippen molar-refractivity contribution < 1.29 is 47.5 Å². The van der Waals surface area contributed by atoms with Crippen LogP contribution in [0.15, 0.2) is 28.7 Å². The second kappa shape index (κ2) is 13.9. The number of halogens is 1. The third kappa shape index (κ3) is 7.25. The molecule has 1 amide bonds. The zero-order chi connectivity index (χ0) is 28.5. The first-order valence-corrected chi connectivity index (χ1v) is 13.2. The van der Waals surface area contributed by atoms with Gasteiger partial charge in [0.1, 0.15) is 0 Å². The molecular formula is C27H32BrNO10. The summed E-state index contributed by atoms with van der Waals surface area (Å²) in [6.07, 6.45) is -1.40. The van der Waals surface area contributed by atoms with Crippen LogP contribution in [-0.2, 0) is 27.1 Å². The number of fused-ring (bicyclic) bond motifs is 1. The Morgan fingerprint density at radius 3 is 1.95 bits per heavy atom. The topological polar surface area (TPSA) is 119 Å². The van der Waals surface area contributed by atoms with Crippen molar-refractivity contribution in [2.45, 2.75) is 39.7 Å². The van der Waals surface area contributed by atoms with Crippen LogP contribution in [-0.4, -0.2) is 63.9 Å². The lowest BCUT2D eigenvalue weighted by atomic mass is 9.88. The Kier molecular flexibility index (Phi) is 10.7. The smallest absolute Gasteiger partial charge is 0.493 e. The Hall–Kier alpha value is -3.67. The Morgan fingerprint density at radius 1 is 0.821 bits per heavy atom. The zero-order valence-electron chi connectivity index (χ0n) is 22.5.